The summed E-state index contributed by atoms with van der Waals surface area (Å²) in [6.45, 7) is -4.49. The van der Waals surface area contributed by atoms with Crippen molar-refractivity contribution in [1.82, 2.24) is 4.98 Å². The number of rotatable bonds is 4. The smallest absolute Gasteiger partial charge is 0.492 e. The van der Waals surface area contributed by atoms with E-state index in [1.165, 1.54) is 12.6 Å². The van der Waals surface area contributed by atoms with Gasteiger partial charge in [0.2, 0.25) is 0 Å². The maximum Gasteiger partial charge on any atom is 1.00 e. The Balaban J connectivity index is 0.00000144. The number of halogens is 3. The minimum Gasteiger partial charge on any atom is -0.492 e. The van der Waals surface area contributed by atoms with Crippen molar-refractivity contribution in [3.05, 3.63) is 18.5 Å². The summed E-state index contributed by atoms with van der Waals surface area (Å²) in [6, 6.07) is 1.02. The first kappa shape index (κ1) is 15.5. The van der Waals surface area contributed by atoms with Gasteiger partial charge in [0.15, 0.2) is 0 Å². The van der Waals surface area contributed by atoms with Crippen molar-refractivity contribution in [1.29, 1.82) is 0 Å². The molecule has 1 saturated carbocycles. The Hall–Kier alpha value is 0.441. The van der Waals surface area contributed by atoms with Crippen LogP contribution in [0.4, 0.5) is 12.9 Å². The van der Waals surface area contributed by atoms with Crippen molar-refractivity contribution in [2.45, 2.75) is 19.3 Å². The number of pyridine rings is 1. The number of hydrogen-bond acceptors (Lipinski definition) is 2. The van der Waals surface area contributed by atoms with E-state index in [-0.39, 0.29) is 57.1 Å². The average molecular weight is 269 g/mol. The first-order valence-electron chi connectivity index (χ1n) is 5.33. The Morgan fingerprint density at radius 3 is 2.53 bits per heavy atom. The molecule has 88 valence electrons. The molecule has 7 heteroatoms. The molecule has 1 fully saturated rings. The molecule has 0 amide bonds. The van der Waals surface area contributed by atoms with Gasteiger partial charge >= 0.3 is 58.4 Å². The molecule has 0 aromatic carbocycles. The molecule has 0 bridgehead atoms. The van der Waals surface area contributed by atoms with Gasteiger partial charge in [-0.25, -0.2) is 0 Å². The van der Waals surface area contributed by atoms with Crippen LogP contribution in [0.5, 0.6) is 5.75 Å². The van der Waals surface area contributed by atoms with E-state index in [1.807, 2.05) is 0 Å². The summed E-state index contributed by atoms with van der Waals surface area (Å²) in [5, 5.41) is 0. The van der Waals surface area contributed by atoms with Gasteiger partial charge in [-0.1, -0.05) is 11.9 Å². The van der Waals surface area contributed by atoms with Gasteiger partial charge in [-0.3, -0.25) is 4.98 Å². The Morgan fingerprint density at radius 1 is 1.29 bits per heavy atom. The molecule has 1 aromatic rings. The molecule has 0 saturated heterocycles. The summed E-state index contributed by atoms with van der Waals surface area (Å²) in [6.07, 6.45) is 5.56. The number of hydrogen-bond donors (Lipinski definition) is 0. The van der Waals surface area contributed by atoms with Crippen LogP contribution in [-0.4, -0.2) is 18.6 Å². The third kappa shape index (κ3) is 4.55. The molecule has 2 rings (SSSR count). The van der Waals surface area contributed by atoms with Gasteiger partial charge in [-0.2, -0.15) is 0 Å². The van der Waals surface area contributed by atoms with E-state index in [9.17, 15) is 12.9 Å². The maximum absolute atomic E-state index is 12.4. The van der Waals surface area contributed by atoms with E-state index in [0.717, 1.165) is 25.1 Å². The van der Waals surface area contributed by atoms with Gasteiger partial charge in [0.05, 0.1) is 12.8 Å². The first-order valence-corrected chi connectivity index (χ1v) is 5.33. The fourth-order valence-corrected chi connectivity index (χ4v) is 1.57. The summed E-state index contributed by atoms with van der Waals surface area (Å²) >= 11 is 0. The fraction of sp³-hybridized carbons (Fsp3) is 0.500. The molecule has 0 N–H and O–H groups in total. The Bertz CT molecular complexity index is 371. The summed E-state index contributed by atoms with van der Waals surface area (Å²) in [4.78, 5) is 3.54. The molecule has 1 aliphatic carbocycles. The molecule has 17 heavy (non-hydrogen) atoms. The van der Waals surface area contributed by atoms with Crippen LogP contribution >= 0.6 is 0 Å². The predicted molar refractivity (Wildman–Crippen MR) is 55.8 cm³/mol. The molecule has 0 unspecified atom stereocenters. The molecule has 0 spiro atoms. The second-order valence-electron chi connectivity index (χ2n) is 4.14. The van der Waals surface area contributed by atoms with Gasteiger partial charge < -0.3 is 17.7 Å². The topological polar surface area (TPSA) is 22.1 Å². The first-order chi connectivity index (χ1) is 7.55. The quantitative estimate of drug-likeness (QED) is 0.676. The molecule has 2 nitrogen and oxygen atoms in total. The van der Waals surface area contributed by atoms with Gasteiger partial charge in [-0.05, 0) is 24.8 Å². The zero-order chi connectivity index (χ0) is 11.6. The Morgan fingerprint density at radius 2 is 2.00 bits per heavy atom. The summed E-state index contributed by atoms with van der Waals surface area (Å²) in [5.74, 6) is 0.712. The van der Waals surface area contributed by atoms with Crippen molar-refractivity contribution < 1.29 is 69.1 Å². The van der Waals surface area contributed by atoms with Gasteiger partial charge in [0.1, 0.15) is 5.75 Å². The summed E-state index contributed by atoms with van der Waals surface area (Å²) < 4.78 is 42.5. The van der Waals surface area contributed by atoms with Gasteiger partial charge in [0, 0.05) is 6.20 Å². The number of ether oxygens (including phenoxy) is 1. The minimum atomic E-state index is -4.99. The molecule has 1 aliphatic rings. The average Bonchev–Trinajstić information content (AvgIpc) is 2.14. The van der Waals surface area contributed by atoms with Crippen molar-refractivity contribution in [3.8, 4) is 5.75 Å². The van der Waals surface area contributed by atoms with E-state index in [2.05, 4.69) is 4.98 Å². The third-order valence-corrected chi connectivity index (χ3v) is 2.82. The van der Waals surface area contributed by atoms with Crippen LogP contribution in [-0.2, 0) is 0 Å². The SMILES string of the molecule is F[B-](F)(F)c1cncc(OCC2CCC2)c1.[K+]. The Labute approximate surface area is 141 Å². The van der Waals surface area contributed by atoms with Crippen molar-refractivity contribution in [2.75, 3.05) is 6.61 Å². The van der Waals surface area contributed by atoms with Crippen LogP contribution in [0, 0.1) is 5.92 Å². The van der Waals surface area contributed by atoms with Crippen LogP contribution in [0.2, 0.25) is 0 Å². The molecule has 0 radical (unpaired) electrons. The minimum absolute atomic E-state index is 0. The molecule has 1 aromatic heterocycles. The van der Waals surface area contributed by atoms with Crippen LogP contribution < -0.4 is 61.6 Å². The van der Waals surface area contributed by atoms with E-state index >= 15 is 0 Å². The second kappa shape index (κ2) is 6.56. The number of nitrogens with zero attached hydrogens (tertiary/aromatic N) is 1. The maximum atomic E-state index is 12.4. The predicted octanol–water partition coefficient (Wildman–Crippen LogP) is -0.681. The largest absolute Gasteiger partial charge is 1.00 e. The van der Waals surface area contributed by atoms with E-state index in [4.69, 9.17) is 4.74 Å². The standard InChI is InChI=1S/C10H12BF3NO.K/c12-11(13,14)9-4-10(6-15-5-9)16-7-8-2-1-3-8;/h4-6,8H,1-3,7H2;/q-1;+1. The molecule has 1 heterocycles. The molecular weight excluding hydrogens is 257 g/mol. The zero-order valence-corrected chi connectivity index (χ0v) is 12.8. The molecular formula is C10H12BF3KNO. The van der Waals surface area contributed by atoms with Crippen molar-refractivity contribution in [2.24, 2.45) is 5.92 Å². The van der Waals surface area contributed by atoms with Crippen LogP contribution in [0.1, 0.15) is 19.3 Å². The van der Waals surface area contributed by atoms with E-state index < -0.39 is 12.4 Å². The van der Waals surface area contributed by atoms with Crippen LogP contribution in [0.15, 0.2) is 18.5 Å². The van der Waals surface area contributed by atoms with Crippen LogP contribution in [0.25, 0.3) is 0 Å². The van der Waals surface area contributed by atoms with Gasteiger partial charge in [0.25, 0.3) is 0 Å². The van der Waals surface area contributed by atoms with Crippen molar-refractivity contribution in [3.63, 3.8) is 0 Å². The Kier molecular flexibility index (Phi) is 5.98. The monoisotopic (exact) mass is 269 g/mol. The van der Waals surface area contributed by atoms with Crippen LogP contribution in [0.3, 0.4) is 0 Å². The second-order valence-corrected chi connectivity index (χ2v) is 4.14. The normalized spacial score (nSPS) is 15.9. The zero-order valence-electron chi connectivity index (χ0n) is 9.70. The van der Waals surface area contributed by atoms with E-state index in [0.29, 0.717) is 12.5 Å². The fourth-order valence-electron chi connectivity index (χ4n) is 1.57. The van der Waals surface area contributed by atoms with E-state index in [1.54, 1.807) is 0 Å². The van der Waals surface area contributed by atoms with Gasteiger partial charge in [-0.15, -0.1) is 0 Å². The number of aromatic nitrogens is 1. The molecule has 0 aliphatic heterocycles. The molecule has 0 atom stereocenters. The summed E-state index contributed by atoms with van der Waals surface area (Å²) in [5.41, 5.74) is -0.703. The third-order valence-electron chi connectivity index (χ3n) is 2.82. The van der Waals surface area contributed by atoms with Crippen molar-refractivity contribution >= 4 is 12.4 Å². The summed E-state index contributed by atoms with van der Waals surface area (Å²) in [7, 11) is 0.